The van der Waals surface area contributed by atoms with Crippen molar-refractivity contribution in [3.63, 3.8) is 0 Å². The Kier molecular flexibility index (Phi) is 5.16. The summed E-state index contributed by atoms with van der Waals surface area (Å²) in [5.41, 5.74) is 1.25. The number of fused-ring (bicyclic) bond motifs is 1. The minimum absolute atomic E-state index is 0.100. The van der Waals surface area contributed by atoms with Crippen LogP contribution in [0.4, 0.5) is 0 Å². The standard InChI is InChI=1S/C22H27N3O4/c26-22(23-12-16-1-2-16)20-6-4-18(29-20)14-25-9-7-24(8-10-25)13-17-3-5-19-21(11-17)28-15-27-19/h3-6,11,16H,1-2,7-10,12-15H2,(H,23,26). The lowest BCUT2D eigenvalue weighted by Crippen LogP contribution is -2.45. The number of nitrogens with one attached hydrogen (secondary N) is 1. The number of piperazine rings is 1. The van der Waals surface area contributed by atoms with Crippen LogP contribution in [0.1, 0.15) is 34.7 Å². The van der Waals surface area contributed by atoms with Gasteiger partial charge in [-0.05, 0) is 48.6 Å². The van der Waals surface area contributed by atoms with Gasteiger partial charge in [0, 0.05) is 39.3 Å². The molecule has 1 N–H and O–H groups in total. The third-order valence-electron chi connectivity index (χ3n) is 5.82. The van der Waals surface area contributed by atoms with E-state index in [0.29, 0.717) is 18.5 Å². The van der Waals surface area contributed by atoms with Crippen LogP contribution in [0.15, 0.2) is 34.7 Å². The topological polar surface area (TPSA) is 67.2 Å². The lowest BCUT2D eigenvalue weighted by Gasteiger charge is -2.34. The minimum Gasteiger partial charge on any atom is -0.455 e. The number of carbonyl (C=O) groups is 1. The van der Waals surface area contributed by atoms with Crippen molar-refractivity contribution >= 4 is 5.91 Å². The van der Waals surface area contributed by atoms with Gasteiger partial charge in [0.15, 0.2) is 17.3 Å². The number of furan rings is 1. The minimum atomic E-state index is -0.100. The van der Waals surface area contributed by atoms with Gasteiger partial charge in [-0.3, -0.25) is 14.6 Å². The van der Waals surface area contributed by atoms with Crippen molar-refractivity contribution in [2.24, 2.45) is 5.92 Å². The predicted molar refractivity (Wildman–Crippen MR) is 107 cm³/mol. The Hall–Kier alpha value is -2.51. The second-order valence-corrected chi connectivity index (χ2v) is 8.16. The molecule has 2 aromatic rings. The maximum atomic E-state index is 12.1. The highest BCUT2D eigenvalue weighted by molar-refractivity contribution is 5.91. The Balaban J connectivity index is 1.08. The van der Waals surface area contributed by atoms with E-state index in [1.54, 1.807) is 6.07 Å². The van der Waals surface area contributed by atoms with Crippen molar-refractivity contribution in [1.82, 2.24) is 15.1 Å². The average Bonchev–Trinajstić information content (AvgIpc) is 3.24. The van der Waals surface area contributed by atoms with Gasteiger partial charge in [0.05, 0.1) is 6.54 Å². The van der Waals surface area contributed by atoms with E-state index in [1.807, 2.05) is 12.1 Å². The van der Waals surface area contributed by atoms with Crippen molar-refractivity contribution in [1.29, 1.82) is 0 Å². The lowest BCUT2D eigenvalue weighted by atomic mass is 10.1. The highest BCUT2D eigenvalue weighted by Gasteiger charge is 2.23. The molecule has 0 unspecified atom stereocenters. The zero-order valence-corrected chi connectivity index (χ0v) is 16.6. The molecule has 2 aliphatic heterocycles. The normalized spacial score (nSPS) is 19.4. The smallest absolute Gasteiger partial charge is 0.287 e. The zero-order valence-electron chi connectivity index (χ0n) is 16.6. The van der Waals surface area contributed by atoms with E-state index in [2.05, 4.69) is 27.2 Å². The van der Waals surface area contributed by atoms with Crippen LogP contribution in [-0.4, -0.2) is 55.2 Å². The quantitative estimate of drug-likeness (QED) is 0.774. The van der Waals surface area contributed by atoms with E-state index >= 15 is 0 Å². The van der Waals surface area contributed by atoms with Gasteiger partial charge in [0.2, 0.25) is 6.79 Å². The van der Waals surface area contributed by atoms with E-state index in [-0.39, 0.29) is 5.91 Å². The van der Waals surface area contributed by atoms with Crippen LogP contribution >= 0.6 is 0 Å². The van der Waals surface area contributed by atoms with Crippen molar-refractivity contribution in [2.45, 2.75) is 25.9 Å². The Bertz CT molecular complexity index is 869. The van der Waals surface area contributed by atoms with Crippen LogP contribution in [0.2, 0.25) is 0 Å². The summed E-state index contributed by atoms with van der Waals surface area (Å²) in [4.78, 5) is 17.0. The van der Waals surface area contributed by atoms with Crippen LogP contribution in [0.5, 0.6) is 11.5 Å². The summed E-state index contributed by atoms with van der Waals surface area (Å²) in [6, 6.07) is 9.88. The van der Waals surface area contributed by atoms with Gasteiger partial charge < -0.3 is 19.2 Å². The first-order chi connectivity index (χ1) is 14.2. The van der Waals surface area contributed by atoms with Gasteiger partial charge in [-0.1, -0.05) is 6.07 Å². The molecule has 154 valence electrons. The summed E-state index contributed by atoms with van der Waals surface area (Å²) in [7, 11) is 0. The molecule has 0 spiro atoms. The largest absolute Gasteiger partial charge is 0.455 e. The third kappa shape index (κ3) is 4.57. The number of benzene rings is 1. The summed E-state index contributed by atoms with van der Waals surface area (Å²) in [6.45, 7) is 6.70. The summed E-state index contributed by atoms with van der Waals surface area (Å²) in [6.07, 6.45) is 2.45. The van der Waals surface area contributed by atoms with Crippen LogP contribution in [0, 0.1) is 5.92 Å². The molecule has 3 heterocycles. The first kappa shape index (κ1) is 18.5. The number of amides is 1. The number of ether oxygens (including phenoxy) is 2. The third-order valence-corrected chi connectivity index (χ3v) is 5.82. The monoisotopic (exact) mass is 397 g/mol. The molecular formula is C22H27N3O4. The lowest BCUT2D eigenvalue weighted by molar-refractivity contribution is 0.0913. The van der Waals surface area contributed by atoms with E-state index in [9.17, 15) is 4.79 Å². The fourth-order valence-electron chi connectivity index (χ4n) is 3.85. The van der Waals surface area contributed by atoms with Gasteiger partial charge in [-0.25, -0.2) is 0 Å². The van der Waals surface area contributed by atoms with Gasteiger partial charge in [0.1, 0.15) is 5.76 Å². The first-order valence-electron chi connectivity index (χ1n) is 10.4. The molecule has 1 aromatic heterocycles. The van der Waals surface area contributed by atoms with Gasteiger partial charge in [-0.2, -0.15) is 0 Å². The number of nitrogens with zero attached hydrogens (tertiary/aromatic N) is 2. The predicted octanol–water partition coefficient (Wildman–Crippen LogP) is 2.47. The average molecular weight is 397 g/mol. The molecule has 5 rings (SSSR count). The molecule has 0 bridgehead atoms. The number of hydrogen-bond acceptors (Lipinski definition) is 6. The van der Waals surface area contributed by atoms with E-state index in [0.717, 1.165) is 63.1 Å². The number of carbonyl (C=O) groups excluding carboxylic acids is 1. The Labute approximate surface area is 170 Å². The van der Waals surface area contributed by atoms with Crippen molar-refractivity contribution in [3.05, 3.63) is 47.4 Å². The van der Waals surface area contributed by atoms with E-state index in [1.165, 1.54) is 18.4 Å². The van der Waals surface area contributed by atoms with Crippen molar-refractivity contribution in [2.75, 3.05) is 39.5 Å². The summed E-state index contributed by atoms with van der Waals surface area (Å²) < 4.78 is 16.6. The van der Waals surface area contributed by atoms with Crippen LogP contribution in [0.3, 0.4) is 0 Å². The van der Waals surface area contributed by atoms with Crippen LogP contribution in [-0.2, 0) is 13.1 Å². The Morgan fingerprint density at radius 1 is 0.966 bits per heavy atom. The molecule has 2 fully saturated rings. The van der Waals surface area contributed by atoms with Gasteiger partial charge in [-0.15, -0.1) is 0 Å². The molecular weight excluding hydrogens is 370 g/mol. The Morgan fingerprint density at radius 3 is 2.52 bits per heavy atom. The summed E-state index contributed by atoms with van der Waals surface area (Å²) in [5, 5.41) is 2.95. The van der Waals surface area contributed by atoms with E-state index in [4.69, 9.17) is 13.9 Å². The number of hydrogen-bond donors (Lipinski definition) is 1. The molecule has 0 radical (unpaired) electrons. The molecule has 29 heavy (non-hydrogen) atoms. The van der Waals surface area contributed by atoms with Crippen molar-refractivity contribution in [3.8, 4) is 11.5 Å². The molecule has 0 atom stereocenters. The Morgan fingerprint density at radius 2 is 1.72 bits per heavy atom. The molecule has 7 nitrogen and oxygen atoms in total. The molecule has 1 aliphatic carbocycles. The molecule has 1 saturated carbocycles. The maximum Gasteiger partial charge on any atom is 0.287 e. The maximum absolute atomic E-state index is 12.1. The highest BCUT2D eigenvalue weighted by Crippen LogP contribution is 2.33. The highest BCUT2D eigenvalue weighted by atomic mass is 16.7. The summed E-state index contributed by atoms with van der Waals surface area (Å²) in [5.74, 6) is 3.51. The second kappa shape index (κ2) is 8.08. The fraction of sp³-hybridized carbons (Fsp3) is 0.500. The van der Waals surface area contributed by atoms with Crippen LogP contribution < -0.4 is 14.8 Å². The zero-order chi connectivity index (χ0) is 19.6. The molecule has 7 heteroatoms. The van der Waals surface area contributed by atoms with Gasteiger partial charge >= 0.3 is 0 Å². The second-order valence-electron chi connectivity index (χ2n) is 8.16. The van der Waals surface area contributed by atoms with Gasteiger partial charge in [0.25, 0.3) is 5.91 Å². The molecule has 3 aliphatic rings. The number of rotatable bonds is 7. The first-order valence-corrected chi connectivity index (χ1v) is 10.4. The molecule has 1 saturated heterocycles. The van der Waals surface area contributed by atoms with Crippen LogP contribution in [0.25, 0.3) is 0 Å². The molecule has 1 aromatic carbocycles. The van der Waals surface area contributed by atoms with E-state index < -0.39 is 0 Å². The SMILES string of the molecule is O=C(NCC1CC1)c1ccc(CN2CCN(Cc3ccc4c(c3)OCO4)CC2)o1. The molecule has 1 amide bonds. The summed E-state index contributed by atoms with van der Waals surface area (Å²) >= 11 is 0. The fourth-order valence-corrected chi connectivity index (χ4v) is 3.85. The van der Waals surface area contributed by atoms with Crippen molar-refractivity contribution < 1.29 is 18.7 Å².